The largest absolute Gasteiger partial charge is 0.368 e. The van der Waals surface area contributed by atoms with E-state index in [1.165, 1.54) is 16.3 Å². The normalized spacial score (nSPS) is 18.2. The molecule has 7 nitrogen and oxygen atoms in total. The van der Waals surface area contributed by atoms with Gasteiger partial charge in [-0.05, 0) is 26.7 Å². The molecule has 1 fully saturated rings. The maximum absolute atomic E-state index is 11.6. The number of hydrogen-bond donors (Lipinski definition) is 3. The molecule has 0 spiro atoms. The molecule has 0 bridgehead atoms. The average molecular weight is 285 g/mol. The molecule has 106 valence electrons. The van der Waals surface area contributed by atoms with Crippen LogP contribution < -0.4 is 16.7 Å². The third-order valence-corrected chi connectivity index (χ3v) is 4.46. The Morgan fingerprint density at radius 3 is 2.89 bits per heavy atom. The summed E-state index contributed by atoms with van der Waals surface area (Å²) in [6.45, 7) is 4.21. The van der Waals surface area contributed by atoms with Crippen LogP contribution in [0.4, 0.5) is 0 Å². The van der Waals surface area contributed by atoms with Crippen molar-refractivity contribution in [2.45, 2.75) is 50.0 Å². The van der Waals surface area contributed by atoms with Crippen LogP contribution in [0.3, 0.4) is 0 Å². The molecule has 0 radical (unpaired) electrons. The monoisotopic (exact) mass is 285 g/mol. The van der Waals surface area contributed by atoms with Crippen molar-refractivity contribution in [2.24, 2.45) is 5.73 Å². The van der Waals surface area contributed by atoms with E-state index in [4.69, 9.17) is 5.73 Å². The number of thioether (sulfide) groups is 1. The predicted molar refractivity (Wildman–Crippen MR) is 73.0 cm³/mol. The van der Waals surface area contributed by atoms with Crippen molar-refractivity contribution >= 4 is 17.7 Å². The second kappa shape index (κ2) is 5.38. The van der Waals surface area contributed by atoms with Crippen molar-refractivity contribution in [1.82, 2.24) is 20.1 Å². The zero-order chi connectivity index (χ0) is 14.0. The van der Waals surface area contributed by atoms with Gasteiger partial charge in [-0.25, -0.2) is 9.89 Å². The maximum Gasteiger partial charge on any atom is 0.343 e. The fraction of sp³-hybridized carbons (Fsp3) is 0.727. The van der Waals surface area contributed by atoms with Crippen molar-refractivity contribution in [1.29, 1.82) is 0 Å². The van der Waals surface area contributed by atoms with Gasteiger partial charge in [0, 0.05) is 18.3 Å². The van der Waals surface area contributed by atoms with E-state index in [-0.39, 0.29) is 11.6 Å². The lowest BCUT2D eigenvalue weighted by Gasteiger charge is -2.26. The molecule has 1 amide bonds. The fourth-order valence-electron chi connectivity index (χ4n) is 1.76. The highest BCUT2D eigenvalue weighted by molar-refractivity contribution is 7.99. The van der Waals surface area contributed by atoms with E-state index in [1.54, 1.807) is 6.92 Å². The minimum absolute atomic E-state index is 0.235. The Balaban J connectivity index is 2.05. The zero-order valence-corrected chi connectivity index (χ0v) is 11.9. The van der Waals surface area contributed by atoms with Gasteiger partial charge < -0.3 is 11.1 Å². The first-order chi connectivity index (χ1) is 8.96. The summed E-state index contributed by atoms with van der Waals surface area (Å²) in [5.74, 6) is 0.0659. The molecule has 1 aliphatic rings. The molecule has 1 aromatic rings. The Morgan fingerprint density at radius 1 is 1.68 bits per heavy atom. The van der Waals surface area contributed by atoms with Crippen molar-refractivity contribution in [3.05, 3.63) is 10.5 Å². The molecular formula is C11H19N5O2S. The molecule has 1 saturated carbocycles. The average Bonchev–Trinajstić information content (AvgIpc) is 3.08. The number of amides is 1. The number of H-pyrrole nitrogens is 1. The number of rotatable bonds is 7. The van der Waals surface area contributed by atoms with Crippen LogP contribution in [-0.4, -0.2) is 38.0 Å². The van der Waals surface area contributed by atoms with E-state index >= 15 is 0 Å². The van der Waals surface area contributed by atoms with E-state index < -0.39 is 5.54 Å². The van der Waals surface area contributed by atoms with Gasteiger partial charge in [0.25, 0.3) is 0 Å². The number of hydrogen-bond acceptors (Lipinski definition) is 5. The van der Waals surface area contributed by atoms with Gasteiger partial charge in [0.15, 0.2) is 5.16 Å². The molecule has 0 aliphatic heterocycles. The zero-order valence-electron chi connectivity index (χ0n) is 11.1. The molecule has 1 atom stereocenters. The maximum atomic E-state index is 11.6. The predicted octanol–water partition coefficient (Wildman–Crippen LogP) is -0.321. The number of nitrogens with two attached hydrogens (primary N) is 1. The van der Waals surface area contributed by atoms with Crippen LogP contribution in [0.25, 0.3) is 0 Å². The summed E-state index contributed by atoms with van der Waals surface area (Å²) in [4.78, 5) is 23.1. The molecule has 19 heavy (non-hydrogen) atoms. The lowest BCUT2D eigenvalue weighted by Crippen LogP contribution is -2.56. The van der Waals surface area contributed by atoms with E-state index in [1.807, 2.05) is 6.92 Å². The first-order valence-electron chi connectivity index (χ1n) is 6.32. The number of nitrogens with zero attached hydrogens (tertiary/aromatic N) is 2. The molecule has 4 N–H and O–H groups in total. The summed E-state index contributed by atoms with van der Waals surface area (Å²) in [5.41, 5.74) is 4.46. The Morgan fingerprint density at radius 2 is 2.37 bits per heavy atom. The number of nitrogens with one attached hydrogen (secondary N) is 2. The highest BCUT2D eigenvalue weighted by atomic mass is 32.2. The smallest absolute Gasteiger partial charge is 0.343 e. The summed E-state index contributed by atoms with van der Waals surface area (Å²) in [6, 6.07) is 0.380. The van der Waals surface area contributed by atoms with Crippen molar-refractivity contribution in [2.75, 3.05) is 5.75 Å². The van der Waals surface area contributed by atoms with E-state index in [9.17, 15) is 9.59 Å². The van der Waals surface area contributed by atoms with E-state index in [0.717, 1.165) is 12.8 Å². The Kier molecular flexibility index (Phi) is 4.00. The van der Waals surface area contributed by atoms with E-state index in [2.05, 4.69) is 15.5 Å². The van der Waals surface area contributed by atoms with Crippen LogP contribution in [0.15, 0.2) is 9.95 Å². The molecule has 1 heterocycles. The number of aromatic nitrogens is 3. The van der Waals surface area contributed by atoms with Crippen molar-refractivity contribution in [3.8, 4) is 0 Å². The first-order valence-corrected chi connectivity index (χ1v) is 7.30. The molecule has 1 aliphatic carbocycles. The van der Waals surface area contributed by atoms with Crippen LogP contribution in [0.2, 0.25) is 0 Å². The topological polar surface area (TPSA) is 106 Å². The number of carbonyl (C=O) groups excluding carboxylic acids is 1. The molecule has 0 aromatic carbocycles. The minimum Gasteiger partial charge on any atom is -0.368 e. The standard InChI is InChI=1S/C11H19N5O2S/c1-3-16-9(18)14-15-10(16)19-6-11(2,8(12)17)13-7-4-5-7/h7,13H,3-6H2,1-2H3,(H2,12,17)(H,14,18). The Bertz CT molecular complexity index is 521. The van der Waals surface area contributed by atoms with Gasteiger partial charge in [0.05, 0.1) is 0 Å². The third kappa shape index (κ3) is 3.19. The highest BCUT2D eigenvalue weighted by Gasteiger charge is 2.37. The quantitative estimate of drug-likeness (QED) is 0.595. The summed E-state index contributed by atoms with van der Waals surface area (Å²) in [7, 11) is 0. The van der Waals surface area contributed by atoms with Gasteiger partial charge in [0.2, 0.25) is 5.91 Å². The van der Waals surface area contributed by atoms with Crippen molar-refractivity contribution in [3.63, 3.8) is 0 Å². The van der Waals surface area contributed by atoms with Crippen LogP contribution in [0.5, 0.6) is 0 Å². The number of primary amides is 1. The van der Waals surface area contributed by atoms with Crippen LogP contribution in [-0.2, 0) is 11.3 Å². The van der Waals surface area contributed by atoms with Crippen molar-refractivity contribution < 1.29 is 4.79 Å². The van der Waals surface area contributed by atoms with Gasteiger partial charge in [-0.1, -0.05) is 11.8 Å². The number of aromatic amines is 1. The highest BCUT2D eigenvalue weighted by Crippen LogP contribution is 2.26. The number of carbonyl (C=O) groups is 1. The molecule has 0 saturated heterocycles. The lowest BCUT2D eigenvalue weighted by molar-refractivity contribution is -0.123. The van der Waals surface area contributed by atoms with Gasteiger partial charge in [0.1, 0.15) is 5.54 Å². The summed E-state index contributed by atoms with van der Waals surface area (Å²) in [6.07, 6.45) is 2.16. The van der Waals surface area contributed by atoms with Gasteiger partial charge in [-0.15, -0.1) is 5.10 Å². The summed E-state index contributed by atoms with van der Waals surface area (Å²) in [5, 5.41) is 10.2. The SMILES string of the molecule is CCn1c(SCC(C)(NC2CC2)C(N)=O)n[nH]c1=O. The van der Waals surface area contributed by atoms with E-state index in [0.29, 0.717) is 23.5 Å². The third-order valence-electron chi connectivity index (χ3n) is 3.17. The molecule has 2 rings (SSSR count). The second-order valence-corrected chi connectivity index (χ2v) is 5.90. The van der Waals surface area contributed by atoms with Crippen LogP contribution in [0, 0.1) is 0 Å². The fourth-order valence-corrected chi connectivity index (χ4v) is 2.88. The Hall–Kier alpha value is -1.28. The van der Waals surface area contributed by atoms with Gasteiger partial charge in [-0.3, -0.25) is 9.36 Å². The molecule has 1 aromatic heterocycles. The molecule has 8 heteroatoms. The Labute approximate surface area is 115 Å². The summed E-state index contributed by atoms with van der Waals surface area (Å²) >= 11 is 1.35. The second-order valence-electron chi connectivity index (χ2n) is 4.96. The molecule has 1 unspecified atom stereocenters. The molecular weight excluding hydrogens is 266 g/mol. The van der Waals surface area contributed by atoms with Gasteiger partial charge in [-0.2, -0.15) is 0 Å². The first kappa shape index (κ1) is 14.1. The van der Waals surface area contributed by atoms with Crippen LogP contribution in [0.1, 0.15) is 26.7 Å². The minimum atomic E-state index is -0.778. The van der Waals surface area contributed by atoms with Crippen LogP contribution >= 0.6 is 11.8 Å². The lowest BCUT2D eigenvalue weighted by atomic mass is 10.1. The summed E-state index contributed by atoms with van der Waals surface area (Å²) < 4.78 is 1.53. The van der Waals surface area contributed by atoms with Gasteiger partial charge >= 0.3 is 5.69 Å².